The SMILES string of the molecule is CCOCCCNC(=O)N/C=C/c1cccc(Br)c1. The van der Waals surface area contributed by atoms with E-state index in [1.54, 1.807) is 6.20 Å². The Hall–Kier alpha value is -1.33. The molecule has 0 heterocycles. The first-order valence-corrected chi connectivity index (χ1v) is 7.06. The van der Waals surface area contributed by atoms with Crippen molar-refractivity contribution in [3.8, 4) is 0 Å². The molecule has 2 N–H and O–H groups in total. The van der Waals surface area contributed by atoms with Gasteiger partial charge >= 0.3 is 6.03 Å². The number of hydrogen-bond donors (Lipinski definition) is 2. The zero-order valence-corrected chi connectivity index (χ0v) is 12.6. The number of rotatable bonds is 7. The number of carbonyl (C=O) groups excluding carboxylic acids is 1. The highest BCUT2D eigenvalue weighted by Gasteiger charge is 1.95. The molecule has 0 aliphatic heterocycles. The van der Waals surface area contributed by atoms with E-state index in [1.807, 2.05) is 37.3 Å². The lowest BCUT2D eigenvalue weighted by Gasteiger charge is -2.04. The van der Waals surface area contributed by atoms with E-state index in [4.69, 9.17) is 4.74 Å². The van der Waals surface area contributed by atoms with Gasteiger partial charge in [-0.05, 0) is 37.1 Å². The Balaban J connectivity index is 2.19. The Bertz CT molecular complexity index is 422. The van der Waals surface area contributed by atoms with Gasteiger partial charge in [-0.25, -0.2) is 4.79 Å². The number of nitrogens with one attached hydrogen (secondary N) is 2. The van der Waals surface area contributed by atoms with Crippen LogP contribution in [0.2, 0.25) is 0 Å². The van der Waals surface area contributed by atoms with Gasteiger partial charge in [-0.2, -0.15) is 0 Å². The van der Waals surface area contributed by atoms with Crippen LogP contribution in [0.25, 0.3) is 6.08 Å². The Morgan fingerprint density at radius 3 is 3.05 bits per heavy atom. The fourth-order valence-corrected chi connectivity index (χ4v) is 1.81. The third-order valence-corrected chi connectivity index (χ3v) is 2.79. The van der Waals surface area contributed by atoms with E-state index in [0.29, 0.717) is 19.8 Å². The molecule has 1 aromatic carbocycles. The molecular weight excluding hydrogens is 308 g/mol. The minimum Gasteiger partial charge on any atom is -0.382 e. The molecule has 0 spiro atoms. The number of halogens is 1. The lowest BCUT2D eigenvalue weighted by Crippen LogP contribution is -2.33. The predicted molar refractivity (Wildman–Crippen MR) is 80.8 cm³/mol. The van der Waals surface area contributed by atoms with E-state index < -0.39 is 0 Å². The molecule has 0 fully saturated rings. The number of benzene rings is 1. The third-order valence-electron chi connectivity index (χ3n) is 2.29. The maximum Gasteiger partial charge on any atom is 0.318 e. The van der Waals surface area contributed by atoms with Crippen molar-refractivity contribution in [2.24, 2.45) is 0 Å². The molecule has 19 heavy (non-hydrogen) atoms. The summed E-state index contributed by atoms with van der Waals surface area (Å²) in [4.78, 5) is 11.4. The zero-order valence-electron chi connectivity index (χ0n) is 11.0. The van der Waals surface area contributed by atoms with Gasteiger partial charge in [0, 0.05) is 30.4 Å². The molecule has 4 nitrogen and oxygen atoms in total. The standard InChI is InChI=1S/C14H19BrN2O2/c1-2-19-10-4-8-16-14(18)17-9-7-12-5-3-6-13(15)11-12/h3,5-7,9,11H,2,4,8,10H2,1H3,(H2,16,17,18)/b9-7+. The molecule has 0 aliphatic carbocycles. The third kappa shape index (κ3) is 7.64. The highest BCUT2D eigenvalue weighted by Crippen LogP contribution is 2.12. The molecule has 2 amide bonds. The first-order chi connectivity index (χ1) is 9.22. The molecule has 104 valence electrons. The van der Waals surface area contributed by atoms with Crippen molar-refractivity contribution in [3.05, 3.63) is 40.5 Å². The summed E-state index contributed by atoms with van der Waals surface area (Å²) in [7, 11) is 0. The molecular formula is C14H19BrN2O2. The van der Waals surface area contributed by atoms with Gasteiger partial charge in [-0.3, -0.25) is 0 Å². The van der Waals surface area contributed by atoms with Crippen LogP contribution >= 0.6 is 15.9 Å². The summed E-state index contributed by atoms with van der Waals surface area (Å²) in [6.45, 7) is 3.94. The fourth-order valence-electron chi connectivity index (χ4n) is 1.40. The van der Waals surface area contributed by atoms with Gasteiger partial charge in [0.25, 0.3) is 0 Å². The van der Waals surface area contributed by atoms with Gasteiger partial charge in [0.2, 0.25) is 0 Å². The van der Waals surface area contributed by atoms with Crippen molar-refractivity contribution in [1.29, 1.82) is 0 Å². The maximum absolute atomic E-state index is 11.4. The molecule has 1 rings (SSSR count). The highest BCUT2D eigenvalue weighted by molar-refractivity contribution is 9.10. The van der Waals surface area contributed by atoms with Crippen LogP contribution in [-0.4, -0.2) is 25.8 Å². The van der Waals surface area contributed by atoms with Crippen LogP contribution < -0.4 is 10.6 Å². The first-order valence-electron chi connectivity index (χ1n) is 6.26. The molecule has 0 aliphatic rings. The Morgan fingerprint density at radius 1 is 1.47 bits per heavy atom. The monoisotopic (exact) mass is 326 g/mol. The molecule has 0 bridgehead atoms. The zero-order chi connectivity index (χ0) is 13.9. The minimum atomic E-state index is -0.206. The van der Waals surface area contributed by atoms with Crippen LogP contribution in [0.15, 0.2) is 34.9 Å². The summed E-state index contributed by atoms with van der Waals surface area (Å²) in [6.07, 6.45) is 4.28. The molecule has 0 aromatic heterocycles. The number of ether oxygens (including phenoxy) is 1. The normalized spacial score (nSPS) is 10.6. The second-order valence-electron chi connectivity index (χ2n) is 3.84. The second kappa shape index (κ2) is 9.58. The summed E-state index contributed by atoms with van der Waals surface area (Å²) >= 11 is 3.39. The number of amides is 2. The Labute approximate surface area is 122 Å². The van der Waals surface area contributed by atoms with Crippen molar-refractivity contribution in [1.82, 2.24) is 10.6 Å². The molecule has 5 heteroatoms. The van der Waals surface area contributed by atoms with Crippen LogP contribution in [0, 0.1) is 0 Å². The lowest BCUT2D eigenvalue weighted by molar-refractivity contribution is 0.145. The van der Waals surface area contributed by atoms with Crippen LogP contribution in [0.1, 0.15) is 18.9 Å². The first kappa shape index (κ1) is 15.7. The quantitative estimate of drug-likeness (QED) is 0.756. The summed E-state index contributed by atoms with van der Waals surface area (Å²) in [5.74, 6) is 0. The molecule has 0 atom stereocenters. The average Bonchev–Trinajstić information content (AvgIpc) is 2.38. The van der Waals surface area contributed by atoms with Crippen LogP contribution in [-0.2, 0) is 4.74 Å². The van der Waals surface area contributed by atoms with Crippen molar-refractivity contribution in [2.75, 3.05) is 19.8 Å². The van der Waals surface area contributed by atoms with Crippen LogP contribution in [0.5, 0.6) is 0 Å². The largest absolute Gasteiger partial charge is 0.382 e. The van der Waals surface area contributed by atoms with Gasteiger partial charge in [-0.1, -0.05) is 28.1 Å². The molecule has 0 radical (unpaired) electrons. The summed E-state index contributed by atoms with van der Waals surface area (Å²) in [6, 6.07) is 7.62. The number of carbonyl (C=O) groups is 1. The molecule has 0 saturated carbocycles. The average molecular weight is 327 g/mol. The fraction of sp³-hybridized carbons (Fsp3) is 0.357. The Morgan fingerprint density at radius 2 is 2.32 bits per heavy atom. The summed E-state index contributed by atoms with van der Waals surface area (Å²) < 4.78 is 6.18. The Kier molecular flexibility index (Phi) is 7.93. The summed E-state index contributed by atoms with van der Waals surface area (Å²) in [5, 5.41) is 5.40. The van der Waals surface area contributed by atoms with Crippen LogP contribution in [0.3, 0.4) is 0 Å². The topological polar surface area (TPSA) is 50.4 Å². The second-order valence-corrected chi connectivity index (χ2v) is 4.75. The smallest absolute Gasteiger partial charge is 0.318 e. The van der Waals surface area contributed by atoms with E-state index in [2.05, 4.69) is 26.6 Å². The minimum absolute atomic E-state index is 0.206. The summed E-state index contributed by atoms with van der Waals surface area (Å²) in [5.41, 5.74) is 1.02. The van der Waals surface area contributed by atoms with Crippen molar-refractivity contribution >= 4 is 28.0 Å². The van der Waals surface area contributed by atoms with Gasteiger partial charge < -0.3 is 15.4 Å². The van der Waals surface area contributed by atoms with E-state index in [1.165, 1.54) is 0 Å². The van der Waals surface area contributed by atoms with E-state index in [9.17, 15) is 4.79 Å². The van der Waals surface area contributed by atoms with Gasteiger partial charge in [0.05, 0.1) is 0 Å². The molecule has 0 unspecified atom stereocenters. The molecule has 1 aromatic rings. The van der Waals surface area contributed by atoms with Crippen molar-refractivity contribution in [3.63, 3.8) is 0 Å². The number of urea groups is 1. The van der Waals surface area contributed by atoms with Gasteiger partial charge in [0.1, 0.15) is 0 Å². The van der Waals surface area contributed by atoms with Crippen molar-refractivity contribution in [2.45, 2.75) is 13.3 Å². The maximum atomic E-state index is 11.4. The van der Waals surface area contributed by atoms with E-state index in [0.717, 1.165) is 16.5 Å². The van der Waals surface area contributed by atoms with Gasteiger partial charge in [0.15, 0.2) is 0 Å². The lowest BCUT2D eigenvalue weighted by atomic mass is 10.2. The van der Waals surface area contributed by atoms with Crippen LogP contribution in [0.4, 0.5) is 4.79 Å². The van der Waals surface area contributed by atoms with Gasteiger partial charge in [-0.15, -0.1) is 0 Å². The van der Waals surface area contributed by atoms with E-state index in [-0.39, 0.29) is 6.03 Å². The van der Waals surface area contributed by atoms with E-state index >= 15 is 0 Å². The number of hydrogen-bond acceptors (Lipinski definition) is 2. The highest BCUT2D eigenvalue weighted by atomic mass is 79.9. The predicted octanol–water partition coefficient (Wildman–Crippen LogP) is 3.15. The molecule has 0 saturated heterocycles. The van der Waals surface area contributed by atoms with Crippen molar-refractivity contribution < 1.29 is 9.53 Å².